The molecule has 0 aliphatic carbocycles. The van der Waals surface area contributed by atoms with Crippen LogP contribution in [0.3, 0.4) is 0 Å². The maximum atomic E-state index is 11.0. The fraction of sp³-hybridized carbons (Fsp3) is 0.833. The summed E-state index contributed by atoms with van der Waals surface area (Å²) >= 11 is 0. The zero-order chi connectivity index (χ0) is 11.4. The zero-order valence-electron chi connectivity index (χ0n) is 8.40. The minimum atomic E-state index is -3.49. The van der Waals surface area contributed by atoms with E-state index in [0.29, 0.717) is 0 Å². The van der Waals surface area contributed by atoms with E-state index in [9.17, 15) is 8.42 Å². The van der Waals surface area contributed by atoms with Crippen molar-refractivity contribution in [3.05, 3.63) is 0 Å². The summed E-state index contributed by atoms with van der Waals surface area (Å²) in [6, 6.07) is 0. The Hall–Kier alpha value is -0.860. The molecule has 0 atom stereocenters. The fourth-order valence-corrected chi connectivity index (χ4v) is 1.27. The molecular formula is C6H16N4O3S. The van der Waals surface area contributed by atoms with Gasteiger partial charge in [-0.2, -0.15) is 8.42 Å². The van der Waals surface area contributed by atoms with Crippen molar-refractivity contribution in [3.8, 4) is 0 Å². The summed E-state index contributed by atoms with van der Waals surface area (Å²) < 4.78 is 26.3. The normalized spacial score (nSPS) is 14.4. The quantitative estimate of drug-likeness (QED) is 0.203. The SMILES string of the molecule is CNS(=O)(=O)NCC(C)(C)C(N)=NO. The number of rotatable bonds is 5. The molecule has 5 N–H and O–H groups in total. The molecular weight excluding hydrogens is 208 g/mol. The second-order valence-electron chi connectivity index (χ2n) is 3.40. The Kier molecular flexibility index (Phi) is 4.30. The Morgan fingerprint density at radius 3 is 2.43 bits per heavy atom. The molecule has 14 heavy (non-hydrogen) atoms. The van der Waals surface area contributed by atoms with Crippen LogP contribution in [0, 0.1) is 5.41 Å². The van der Waals surface area contributed by atoms with Crippen molar-refractivity contribution in [2.24, 2.45) is 16.3 Å². The van der Waals surface area contributed by atoms with Gasteiger partial charge in [-0.3, -0.25) is 0 Å². The summed E-state index contributed by atoms with van der Waals surface area (Å²) in [6.07, 6.45) is 0. The van der Waals surface area contributed by atoms with Gasteiger partial charge in [0.05, 0.1) is 0 Å². The molecule has 7 nitrogen and oxygen atoms in total. The molecule has 0 aliphatic rings. The van der Waals surface area contributed by atoms with Crippen molar-refractivity contribution < 1.29 is 13.6 Å². The number of nitrogens with two attached hydrogens (primary N) is 1. The van der Waals surface area contributed by atoms with Crippen LogP contribution >= 0.6 is 0 Å². The van der Waals surface area contributed by atoms with E-state index >= 15 is 0 Å². The van der Waals surface area contributed by atoms with Gasteiger partial charge in [0.25, 0.3) is 10.2 Å². The number of amidine groups is 1. The molecule has 0 unspecified atom stereocenters. The second kappa shape index (κ2) is 4.58. The summed E-state index contributed by atoms with van der Waals surface area (Å²) in [5.74, 6) is -0.0312. The number of nitrogens with one attached hydrogen (secondary N) is 2. The average molecular weight is 224 g/mol. The van der Waals surface area contributed by atoms with E-state index in [1.54, 1.807) is 13.8 Å². The first-order valence-corrected chi connectivity index (χ1v) is 5.39. The van der Waals surface area contributed by atoms with Crippen LogP contribution in [-0.4, -0.2) is 33.1 Å². The third kappa shape index (κ3) is 3.90. The van der Waals surface area contributed by atoms with E-state index in [1.165, 1.54) is 7.05 Å². The van der Waals surface area contributed by atoms with E-state index in [2.05, 4.69) is 14.6 Å². The van der Waals surface area contributed by atoms with Crippen molar-refractivity contribution in [3.63, 3.8) is 0 Å². The number of nitrogens with zero attached hydrogens (tertiary/aromatic N) is 1. The second-order valence-corrected chi connectivity index (χ2v) is 5.10. The van der Waals surface area contributed by atoms with Gasteiger partial charge in [-0.1, -0.05) is 19.0 Å². The van der Waals surface area contributed by atoms with Gasteiger partial charge in [-0.05, 0) is 0 Å². The lowest BCUT2D eigenvalue weighted by Crippen LogP contribution is -2.45. The molecule has 0 aromatic carbocycles. The number of hydrogen-bond acceptors (Lipinski definition) is 4. The maximum Gasteiger partial charge on any atom is 0.276 e. The fourth-order valence-electron chi connectivity index (χ4n) is 0.574. The van der Waals surface area contributed by atoms with E-state index in [-0.39, 0.29) is 12.4 Å². The summed E-state index contributed by atoms with van der Waals surface area (Å²) in [4.78, 5) is 0. The molecule has 0 aliphatic heterocycles. The summed E-state index contributed by atoms with van der Waals surface area (Å²) in [6.45, 7) is 3.35. The molecule has 8 heteroatoms. The molecule has 0 aromatic heterocycles. The van der Waals surface area contributed by atoms with Crippen molar-refractivity contribution in [2.75, 3.05) is 13.6 Å². The minimum Gasteiger partial charge on any atom is -0.409 e. The van der Waals surface area contributed by atoms with Gasteiger partial charge < -0.3 is 10.9 Å². The van der Waals surface area contributed by atoms with Crippen LogP contribution in [0.5, 0.6) is 0 Å². The first kappa shape index (κ1) is 13.1. The van der Waals surface area contributed by atoms with Gasteiger partial charge in [0.2, 0.25) is 0 Å². The molecule has 0 aromatic rings. The Labute approximate surface area is 83.5 Å². The molecule has 0 fully saturated rings. The van der Waals surface area contributed by atoms with Crippen molar-refractivity contribution >= 4 is 16.0 Å². The first-order valence-electron chi connectivity index (χ1n) is 3.91. The Balaban J connectivity index is 4.41. The molecule has 0 rings (SSSR count). The minimum absolute atomic E-state index is 0.0312. The molecule has 0 saturated carbocycles. The summed E-state index contributed by atoms with van der Waals surface area (Å²) in [5.41, 5.74) is 4.63. The third-order valence-electron chi connectivity index (χ3n) is 1.77. The summed E-state index contributed by atoms with van der Waals surface area (Å²) in [5, 5.41) is 11.3. The largest absolute Gasteiger partial charge is 0.409 e. The van der Waals surface area contributed by atoms with Gasteiger partial charge in [-0.25, -0.2) is 9.44 Å². The van der Waals surface area contributed by atoms with Gasteiger partial charge in [0.1, 0.15) is 5.84 Å². The van der Waals surface area contributed by atoms with Crippen LogP contribution < -0.4 is 15.2 Å². The van der Waals surface area contributed by atoms with Gasteiger partial charge in [-0.15, -0.1) is 0 Å². The van der Waals surface area contributed by atoms with Gasteiger partial charge >= 0.3 is 0 Å². The van der Waals surface area contributed by atoms with E-state index < -0.39 is 15.6 Å². The van der Waals surface area contributed by atoms with Crippen LogP contribution in [0.2, 0.25) is 0 Å². The topological polar surface area (TPSA) is 117 Å². The summed E-state index contributed by atoms with van der Waals surface area (Å²) in [7, 11) is -2.20. The molecule has 0 heterocycles. The standard InChI is InChI=1S/C6H16N4O3S/c1-6(2,5(7)10-11)4-9-14(12,13)8-3/h8-9,11H,4H2,1-3H3,(H2,7,10). The number of oxime groups is 1. The molecule has 0 amide bonds. The molecule has 0 radical (unpaired) electrons. The maximum absolute atomic E-state index is 11.0. The first-order chi connectivity index (χ1) is 6.25. The van der Waals surface area contributed by atoms with Crippen LogP contribution in [0.1, 0.15) is 13.8 Å². The smallest absolute Gasteiger partial charge is 0.276 e. The van der Waals surface area contributed by atoms with Gasteiger partial charge in [0, 0.05) is 19.0 Å². The highest BCUT2D eigenvalue weighted by molar-refractivity contribution is 7.87. The number of hydrogen-bond donors (Lipinski definition) is 4. The molecule has 0 bridgehead atoms. The Morgan fingerprint density at radius 1 is 1.57 bits per heavy atom. The highest BCUT2D eigenvalue weighted by atomic mass is 32.2. The highest BCUT2D eigenvalue weighted by Crippen LogP contribution is 2.13. The van der Waals surface area contributed by atoms with Crippen LogP contribution in [0.25, 0.3) is 0 Å². The van der Waals surface area contributed by atoms with Crippen molar-refractivity contribution in [1.29, 1.82) is 0 Å². The van der Waals surface area contributed by atoms with Crippen LogP contribution in [-0.2, 0) is 10.2 Å². The van der Waals surface area contributed by atoms with Crippen molar-refractivity contribution in [2.45, 2.75) is 13.8 Å². The van der Waals surface area contributed by atoms with Crippen LogP contribution in [0.4, 0.5) is 0 Å². The lowest BCUT2D eigenvalue weighted by atomic mass is 9.93. The highest BCUT2D eigenvalue weighted by Gasteiger charge is 2.25. The monoisotopic (exact) mass is 224 g/mol. The predicted octanol–water partition coefficient (Wildman–Crippen LogP) is -1.19. The van der Waals surface area contributed by atoms with E-state index in [4.69, 9.17) is 10.9 Å². The van der Waals surface area contributed by atoms with E-state index in [1.807, 2.05) is 0 Å². The van der Waals surface area contributed by atoms with Crippen LogP contribution in [0.15, 0.2) is 5.16 Å². The zero-order valence-corrected chi connectivity index (χ0v) is 9.22. The third-order valence-corrected chi connectivity index (χ3v) is 2.84. The predicted molar refractivity (Wildman–Crippen MR) is 53.2 cm³/mol. The van der Waals surface area contributed by atoms with Crippen molar-refractivity contribution in [1.82, 2.24) is 9.44 Å². The molecule has 0 spiro atoms. The lowest BCUT2D eigenvalue weighted by Gasteiger charge is -2.22. The van der Waals surface area contributed by atoms with E-state index in [0.717, 1.165) is 0 Å². The Morgan fingerprint density at radius 2 is 2.07 bits per heavy atom. The average Bonchev–Trinajstić information content (AvgIpc) is 2.14. The van der Waals surface area contributed by atoms with Gasteiger partial charge in [0.15, 0.2) is 0 Å². The Bertz CT molecular complexity index is 309. The molecule has 84 valence electrons. The lowest BCUT2D eigenvalue weighted by molar-refractivity contribution is 0.307. The molecule has 0 saturated heterocycles.